The molecule has 28 heavy (non-hydrogen) atoms. The van der Waals surface area contributed by atoms with E-state index >= 15 is 0 Å². The summed E-state index contributed by atoms with van der Waals surface area (Å²) in [7, 11) is 0. The van der Waals surface area contributed by atoms with Crippen LogP contribution in [0.3, 0.4) is 0 Å². The molecule has 142 valence electrons. The lowest BCUT2D eigenvalue weighted by Crippen LogP contribution is -2.40. The molecule has 0 saturated heterocycles. The van der Waals surface area contributed by atoms with Crippen molar-refractivity contribution in [2.45, 2.75) is 17.7 Å². The fraction of sp³-hybridized carbons (Fsp3) is 0.190. The zero-order valence-corrected chi connectivity index (χ0v) is 16.0. The molecule has 0 saturated carbocycles. The first-order valence-corrected chi connectivity index (χ1v) is 9.37. The summed E-state index contributed by atoms with van der Waals surface area (Å²) in [6, 6.07) is 8.52. The van der Waals surface area contributed by atoms with Gasteiger partial charge in [-0.3, -0.25) is 0 Å². The number of aliphatic hydroxyl groups excluding tert-OH is 1. The third-order valence-corrected chi connectivity index (χ3v) is 4.96. The van der Waals surface area contributed by atoms with E-state index in [4.69, 9.17) is 0 Å². The number of aliphatic hydroxyl groups is 1. The fourth-order valence-corrected chi connectivity index (χ4v) is 3.33. The van der Waals surface area contributed by atoms with Crippen LogP contribution in [0.15, 0.2) is 76.8 Å². The molecule has 1 unspecified atom stereocenters. The minimum absolute atomic E-state index is 0.104. The molecule has 3 rings (SSSR count). The van der Waals surface area contributed by atoms with Crippen LogP contribution in [0.5, 0.6) is 0 Å². The van der Waals surface area contributed by atoms with Gasteiger partial charge >= 0.3 is 6.18 Å². The van der Waals surface area contributed by atoms with Crippen LogP contribution in [-0.4, -0.2) is 29.0 Å². The second kappa shape index (κ2) is 8.10. The molecule has 0 radical (unpaired) electrons. The van der Waals surface area contributed by atoms with E-state index in [9.17, 15) is 23.5 Å². The SMILES string of the molecule is N#CC1=C(C(F)(F)F)C=C(c2cccc(CBr)c2)N(CC2=CC=C=C=C2)C1O. The van der Waals surface area contributed by atoms with Crippen LogP contribution in [0.4, 0.5) is 13.2 Å². The van der Waals surface area contributed by atoms with Gasteiger partial charge < -0.3 is 10.0 Å². The summed E-state index contributed by atoms with van der Waals surface area (Å²) in [5.41, 5.74) is 5.97. The minimum Gasteiger partial charge on any atom is -0.369 e. The predicted molar refractivity (Wildman–Crippen MR) is 103 cm³/mol. The van der Waals surface area contributed by atoms with Crippen LogP contribution >= 0.6 is 15.9 Å². The Bertz CT molecular complexity index is 1030. The Morgan fingerprint density at radius 3 is 2.68 bits per heavy atom. The number of nitrogens with zero attached hydrogens (tertiary/aromatic N) is 2. The Kier molecular flexibility index (Phi) is 5.79. The maximum absolute atomic E-state index is 13.5. The number of alkyl halides is 4. The van der Waals surface area contributed by atoms with E-state index in [1.54, 1.807) is 36.4 Å². The predicted octanol–water partition coefficient (Wildman–Crippen LogP) is 4.75. The average molecular weight is 447 g/mol. The number of allylic oxidation sites excluding steroid dienone is 4. The van der Waals surface area contributed by atoms with Crippen molar-refractivity contribution in [3.63, 3.8) is 0 Å². The zero-order chi connectivity index (χ0) is 20.3. The van der Waals surface area contributed by atoms with Gasteiger partial charge in [-0.15, -0.1) is 0 Å². The lowest BCUT2D eigenvalue weighted by Gasteiger charge is -2.36. The third kappa shape index (κ3) is 4.06. The van der Waals surface area contributed by atoms with E-state index < -0.39 is 23.6 Å². The number of halogens is 4. The third-order valence-electron chi connectivity index (χ3n) is 4.31. The molecule has 1 aliphatic heterocycles. The van der Waals surface area contributed by atoms with Gasteiger partial charge in [0.15, 0.2) is 6.23 Å². The number of hydrogen-bond acceptors (Lipinski definition) is 3. The highest BCUT2D eigenvalue weighted by Gasteiger charge is 2.42. The van der Waals surface area contributed by atoms with Gasteiger partial charge in [-0.1, -0.05) is 45.6 Å². The lowest BCUT2D eigenvalue weighted by atomic mass is 9.95. The summed E-state index contributed by atoms with van der Waals surface area (Å²) >= 11 is 3.34. The summed E-state index contributed by atoms with van der Waals surface area (Å²) in [5.74, 6) is 0. The van der Waals surface area contributed by atoms with E-state index in [1.807, 2.05) is 6.07 Å². The number of hydrogen-bond donors (Lipinski definition) is 1. The Balaban J connectivity index is 2.14. The molecule has 2 aliphatic rings. The van der Waals surface area contributed by atoms with Crippen molar-refractivity contribution in [3.05, 3.63) is 87.9 Å². The highest BCUT2D eigenvalue weighted by atomic mass is 79.9. The van der Waals surface area contributed by atoms with Crippen molar-refractivity contribution in [1.29, 1.82) is 5.26 Å². The van der Waals surface area contributed by atoms with Crippen molar-refractivity contribution in [2.24, 2.45) is 0 Å². The smallest absolute Gasteiger partial charge is 0.369 e. The fourth-order valence-electron chi connectivity index (χ4n) is 2.99. The standard InChI is InChI=1S/C21H14BrF3N2O/c22-11-15-7-4-8-16(9-15)19-10-18(21(23,24)25)17(12-26)20(28)27(19)13-14-5-2-1-3-6-14/h2,4-10,20,28H,11,13H2. The van der Waals surface area contributed by atoms with Crippen LogP contribution in [-0.2, 0) is 5.33 Å². The first kappa shape index (κ1) is 20.0. The van der Waals surface area contributed by atoms with Crippen molar-refractivity contribution >= 4 is 21.6 Å². The summed E-state index contributed by atoms with van der Waals surface area (Å²) in [5, 5.41) is 20.5. The Morgan fingerprint density at radius 2 is 2.07 bits per heavy atom. The molecule has 3 nitrogen and oxygen atoms in total. The van der Waals surface area contributed by atoms with Gasteiger partial charge in [-0.05, 0) is 47.1 Å². The minimum atomic E-state index is -4.76. The molecular formula is C21H14BrF3N2O. The molecule has 0 fully saturated rings. The summed E-state index contributed by atoms with van der Waals surface area (Å²) < 4.78 is 40.6. The van der Waals surface area contributed by atoms with Crippen molar-refractivity contribution in [3.8, 4) is 6.07 Å². The average Bonchev–Trinajstić information content (AvgIpc) is 2.69. The Labute approximate surface area is 168 Å². The van der Waals surface area contributed by atoms with E-state index in [0.717, 1.165) is 11.6 Å². The normalized spacial score (nSPS) is 18.9. The molecule has 0 spiro atoms. The van der Waals surface area contributed by atoms with Crippen molar-refractivity contribution in [1.82, 2.24) is 4.90 Å². The summed E-state index contributed by atoms with van der Waals surface area (Å²) in [6.07, 6.45) is -0.566. The monoisotopic (exact) mass is 446 g/mol. The summed E-state index contributed by atoms with van der Waals surface area (Å²) in [6.45, 7) is 0.104. The topological polar surface area (TPSA) is 47.3 Å². The molecule has 0 aromatic heterocycles. The zero-order valence-electron chi connectivity index (χ0n) is 14.5. The molecule has 1 aromatic carbocycles. The molecule has 0 bridgehead atoms. The highest BCUT2D eigenvalue weighted by Crippen LogP contribution is 2.39. The van der Waals surface area contributed by atoms with E-state index in [0.29, 0.717) is 16.5 Å². The maximum Gasteiger partial charge on any atom is 0.417 e. The molecule has 7 heteroatoms. The second-order valence-corrected chi connectivity index (χ2v) is 6.70. The van der Waals surface area contributed by atoms with Crippen LogP contribution in [0.25, 0.3) is 5.70 Å². The first-order chi connectivity index (χ1) is 13.3. The lowest BCUT2D eigenvalue weighted by molar-refractivity contribution is -0.0913. The van der Waals surface area contributed by atoms with E-state index in [-0.39, 0.29) is 12.2 Å². The molecule has 1 heterocycles. The van der Waals surface area contributed by atoms with Crippen LogP contribution < -0.4 is 0 Å². The molecule has 1 aliphatic carbocycles. The van der Waals surface area contributed by atoms with Gasteiger partial charge in [-0.2, -0.15) is 18.4 Å². The Morgan fingerprint density at radius 1 is 1.29 bits per heavy atom. The van der Waals surface area contributed by atoms with Gasteiger partial charge in [0.25, 0.3) is 0 Å². The highest BCUT2D eigenvalue weighted by molar-refractivity contribution is 9.08. The van der Waals surface area contributed by atoms with Gasteiger partial charge in [0.2, 0.25) is 0 Å². The van der Waals surface area contributed by atoms with Crippen molar-refractivity contribution < 1.29 is 18.3 Å². The van der Waals surface area contributed by atoms with E-state index in [2.05, 4.69) is 27.4 Å². The second-order valence-electron chi connectivity index (χ2n) is 6.14. The largest absolute Gasteiger partial charge is 0.417 e. The molecule has 1 N–H and O–H groups in total. The molecular weight excluding hydrogens is 433 g/mol. The number of rotatable bonds is 4. The molecule has 1 aromatic rings. The van der Waals surface area contributed by atoms with Gasteiger partial charge in [0, 0.05) is 17.6 Å². The van der Waals surface area contributed by atoms with Crippen LogP contribution in [0.1, 0.15) is 11.1 Å². The summed E-state index contributed by atoms with van der Waals surface area (Å²) in [4.78, 5) is 1.38. The van der Waals surface area contributed by atoms with Crippen LogP contribution in [0.2, 0.25) is 0 Å². The first-order valence-electron chi connectivity index (χ1n) is 8.25. The van der Waals surface area contributed by atoms with Gasteiger partial charge in [0.05, 0.1) is 11.1 Å². The van der Waals surface area contributed by atoms with Gasteiger partial charge in [0.1, 0.15) is 6.07 Å². The number of benzene rings is 1. The van der Waals surface area contributed by atoms with Crippen LogP contribution in [0, 0.1) is 11.3 Å². The Hall–Kier alpha value is -2.74. The van der Waals surface area contributed by atoms with E-state index in [1.165, 1.54) is 11.0 Å². The van der Waals surface area contributed by atoms with Crippen molar-refractivity contribution in [2.75, 3.05) is 6.54 Å². The molecule has 0 amide bonds. The quantitative estimate of drug-likeness (QED) is 0.536. The molecule has 1 atom stereocenters. The van der Waals surface area contributed by atoms with Gasteiger partial charge in [-0.25, -0.2) is 0 Å². The number of nitriles is 1. The maximum atomic E-state index is 13.5.